The first-order valence-corrected chi connectivity index (χ1v) is 6.64. The lowest BCUT2D eigenvalue weighted by Gasteiger charge is -2.60. The van der Waals surface area contributed by atoms with Crippen LogP contribution in [-0.2, 0) is 4.74 Å². The zero-order valence-electron chi connectivity index (χ0n) is 10.5. The molecular weight excluding hydrogens is 202 g/mol. The van der Waals surface area contributed by atoms with Gasteiger partial charge in [0.15, 0.2) is 0 Å². The van der Waals surface area contributed by atoms with Gasteiger partial charge in [-0.15, -0.1) is 0 Å². The molecule has 2 N–H and O–H groups in total. The molecule has 1 aliphatic carbocycles. The summed E-state index contributed by atoms with van der Waals surface area (Å²) in [4.78, 5) is 0. The third kappa shape index (κ3) is 2.13. The summed E-state index contributed by atoms with van der Waals surface area (Å²) >= 11 is 0. The first kappa shape index (κ1) is 12.3. The van der Waals surface area contributed by atoms with Crippen molar-refractivity contribution in [3.05, 3.63) is 0 Å². The molecule has 0 radical (unpaired) electrons. The van der Waals surface area contributed by atoms with Crippen molar-refractivity contribution in [3.8, 4) is 0 Å². The SMILES string of the molecule is CC1(C)C(NCCCCO)C2CCCOC21. The monoisotopic (exact) mass is 227 g/mol. The molecule has 0 spiro atoms. The number of unbranched alkanes of at least 4 members (excludes halogenated alkanes) is 1. The van der Waals surface area contributed by atoms with E-state index in [1.165, 1.54) is 12.8 Å². The maximum Gasteiger partial charge on any atom is 0.0684 e. The van der Waals surface area contributed by atoms with E-state index in [0.29, 0.717) is 18.8 Å². The van der Waals surface area contributed by atoms with Crippen LogP contribution in [0.1, 0.15) is 39.5 Å². The Morgan fingerprint density at radius 3 is 2.94 bits per heavy atom. The van der Waals surface area contributed by atoms with Gasteiger partial charge < -0.3 is 15.2 Å². The first-order chi connectivity index (χ1) is 7.68. The minimum absolute atomic E-state index is 0.282. The second-order valence-corrected chi connectivity index (χ2v) is 5.78. The zero-order valence-corrected chi connectivity index (χ0v) is 10.5. The van der Waals surface area contributed by atoms with Crippen LogP contribution in [0.5, 0.6) is 0 Å². The molecule has 1 saturated heterocycles. The van der Waals surface area contributed by atoms with Crippen LogP contribution >= 0.6 is 0 Å². The Labute approximate surface area is 98.6 Å². The molecule has 1 aliphatic heterocycles. The van der Waals surface area contributed by atoms with Crippen LogP contribution in [0, 0.1) is 11.3 Å². The van der Waals surface area contributed by atoms with Crippen LogP contribution in [0.4, 0.5) is 0 Å². The summed E-state index contributed by atoms with van der Waals surface area (Å²) in [5.41, 5.74) is 0.282. The van der Waals surface area contributed by atoms with Crippen molar-refractivity contribution in [1.29, 1.82) is 0 Å². The number of aliphatic hydroxyl groups is 1. The minimum atomic E-state index is 0.282. The smallest absolute Gasteiger partial charge is 0.0684 e. The Bertz CT molecular complexity index is 230. The van der Waals surface area contributed by atoms with Gasteiger partial charge in [-0.1, -0.05) is 13.8 Å². The minimum Gasteiger partial charge on any atom is -0.396 e. The highest BCUT2D eigenvalue weighted by Crippen LogP contribution is 2.51. The Morgan fingerprint density at radius 1 is 1.38 bits per heavy atom. The van der Waals surface area contributed by atoms with E-state index >= 15 is 0 Å². The molecule has 16 heavy (non-hydrogen) atoms. The van der Waals surface area contributed by atoms with Gasteiger partial charge in [-0.3, -0.25) is 0 Å². The molecule has 1 heterocycles. The predicted molar refractivity (Wildman–Crippen MR) is 64.4 cm³/mol. The van der Waals surface area contributed by atoms with Crippen molar-refractivity contribution < 1.29 is 9.84 Å². The van der Waals surface area contributed by atoms with Gasteiger partial charge in [-0.25, -0.2) is 0 Å². The van der Waals surface area contributed by atoms with Crippen molar-refractivity contribution in [2.45, 2.75) is 51.7 Å². The molecule has 3 atom stereocenters. The first-order valence-electron chi connectivity index (χ1n) is 6.64. The third-order valence-electron chi connectivity index (χ3n) is 4.28. The van der Waals surface area contributed by atoms with E-state index in [-0.39, 0.29) is 5.41 Å². The van der Waals surface area contributed by atoms with E-state index < -0.39 is 0 Å². The van der Waals surface area contributed by atoms with Gasteiger partial charge in [0.05, 0.1) is 6.10 Å². The number of nitrogens with one attached hydrogen (secondary N) is 1. The summed E-state index contributed by atoms with van der Waals surface area (Å²) in [6.07, 6.45) is 4.97. The van der Waals surface area contributed by atoms with Crippen LogP contribution in [-0.4, -0.2) is 37.0 Å². The van der Waals surface area contributed by atoms with Crippen molar-refractivity contribution >= 4 is 0 Å². The normalized spacial score (nSPS) is 36.6. The predicted octanol–water partition coefficient (Wildman–Crippen LogP) is 1.55. The fraction of sp³-hybridized carbons (Fsp3) is 1.00. The lowest BCUT2D eigenvalue weighted by molar-refractivity contribution is -0.192. The molecule has 3 heteroatoms. The molecule has 2 aliphatic rings. The van der Waals surface area contributed by atoms with Gasteiger partial charge in [0, 0.05) is 30.6 Å². The van der Waals surface area contributed by atoms with E-state index in [4.69, 9.17) is 9.84 Å². The summed E-state index contributed by atoms with van der Waals surface area (Å²) in [7, 11) is 0. The van der Waals surface area contributed by atoms with Gasteiger partial charge in [0.2, 0.25) is 0 Å². The van der Waals surface area contributed by atoms with Crippen LogP contribution in [0.2, 0.25) is 0 Å². The standard InChI is InChI=1S/C13H25NO2/c1-13(2)11(14-7-3-4-8-15)10-6-5-9-16-12(10)13/h10-12,14-15H,3-9H2,1-2H3. The average Bonchev–Trinajstić information content (AvgIpc) is 2.29. The van der Waals surface area contributed by atoms with Gasteiger partial charge in [-0.2, -0.15) is 0 Å². The Morgan fingerprint density at radius 2 is 2.19 bits per heavy atom. The van der Waals surface area contributed by atoms with Crippen molar-refractivity contribution in [2.24, 2.45) is 11.3 Å². The molecule has 3 unspecified atom stereocenters. The summed E-state index contributed by atoms with van der Waals surface area (Å²) in [6.45, 7) is 6.90. The molecule has 94 valence electrons. The summed E-state index contributed by atoms with van der Waals surface area (Å²) in [5, 5.41) is 12.4. The maximum atomic E-state index is 8.74. The van der Waals surface area contributed by atoms with Gasteiger partial charge >= 0.3 is 0 Å². The quantitative estimate of drug-likeness (QED) is 0.700. The van der Waals surface area contributed by atoms with Crippen molar-refractivity contribution in [3.63, 3.8) is 0 Å². The Balaban J connectivity index is 1.80. The second kappa shape index (κ2) is 5.03. The van der Waals surface area contributed by atoms with E-state index in [2.05, 4.69) is 19.2 Å². The molecule has 2 rings (SSSR count). The lowest BCUT2D eigenvalue weighted by Crippen LogP contribution is -2.69. The Hall–Kier alpha value is -0.120. The number of ether oxygens (including phenoxy) is 1. The number of fused-ring (bicyclic) bond motifs is 1. The second-order valence-electron chi connectivity index (χ2n) is 5.78. The molecule has 0 aromatic heterocycles. The van der Waals surface area contributed by atoms with E-state index in [1.807, 2.05) is 0 Å². The van der Waals surface area contributed by atoms with Gasteiger partial charge in [0.25, 0.3) is 0 Å². The molecule has 0 aromatic carbocycles. The van der Waals surface area contributed by atoms with Crippen LogP contribution in [0.15, 0.2) is 0 Å². The van der Waals surface area contributed by atoms with Gasteiger partial charge in [0.1, 0.15) is 0 Å². The maximum absolute atomic E-state index is 8.74. The molecule has 0 aromatic rings. The summed E-state index contributed by atoms with van der Waals surface area (Å²) in [5.74, 6) is 0.720. The van der Waals surface area contributed by atoms with E-state index in [0.717, 1.165) is 31.9 Å². The highest BCUT2D eigenvalue weighted by atomic mass is 16.5. The fourth-order valence-corrected chi connectivity index (χ4v) is 3.43. The molecule has 0 bridgehead atoms. The number of rotatable bonds is 5. The Kier molecular flexibility index (Phi) is 3.88. The average molecular weight is 227 g/mol. The topological polar surface area (TPSA) is 41.5 Å². The van der Waals surface area contributed by atoms with Crippen LogP contribution in [0.3, 0.4) is 0 Å². The highest BCUT2D eigenvalue weighted by molar-refractivity contribution is 5.10. The molecule has 0 amide bonds. The van der Waals surface area contributed by atoms with Crippen molar-refractivity contribution in [1.82, 2.24) is 5.32 Å². The third-order valence-corrected chi connectivity index (χ3v) is 4.28. The van der Waals surface area contributed by atoms with Crippen LogP contribution < -0.4 is 5.32 Å². The van der Waals surface area contributed by atoms with Crippen molar-refractivity contribution in [2.75, 3.05) is 19.8 Å². The molecule has 2 fully saturated rings. The van der Waals surface area contributed by atoms with E-state index in [9.17, 15) is 0 Å². The summed E-state index contributed by atoms with van der Waals surface area (Å²) in [6, 6.07) is 0.608. The molecule has 3 nitrogen and oxygen atoms in total. The fourth-order valence-electron chi connectivity index (χ4n) is 3.43. The number of hydrogen-bond acceptors (Lipinski definition) is 3. The lowest BCUT2D eigenvalue weighted by atomic mass is 9.55. The summed E-state index contributed by atoms with van der Waals surface area (Å²) < 4.78 is 5.87. The van der Waals surface area contributed by atoms with Gasteiger partial charge in [-0.05, 0) is 32.2 Å². The molecule has 1 saturated carbocycles. The zero-order chi connectivity index (χ0) is 11.6. The highest BCUT2D eigenvalue weighted by Gasteiger charge is 2.57. The molecular formula is C13H25NO2. The number of aliphatic hydroxyl groups excluding tert-OH is 1. The number of hydrogen-bond donors (Lipinski definition) is 2. The van der Waals surface area contributed by atoms with Crippen LogP contribution in [0.25, 0.3) is 0 Å². The van der Waals surface area contributed by atoms with E-state index in [1.54, 1.807) is 0 Å². The largest absolute Gasteiger partial charge is 0.396 e.